The van der Waals surface area contributed by atoms with Gasteiger partial charge in [0.15, 0.2) is 0 Å². The first-order valence-electron chi connectivity index (χ1n) is 7.43. The first kappa shape index (κ1) is 15.8. The lowest BCUT2D eigenvalue weighted by molar-refractivity contribution is 0.0757. The third-order valence-electron chi connectivity index (χ3n) is 3.88. The van der Waals surface area contributed by atoms with Gasteiger partial charge in [-0.25, -0.2) is 0 Å². The van der Waals surface area contributed by atoms with Gasteiger partial charge in [0.05, 0.1) is 19.3 Å². The number of aryl methyl sites for hydroxylation is 1. The monoisotopic (exact) mass is 292 g/mol. The number of methoxy groups -OCH3 is 1. The summed E-state index contributed by atoms with van der Waals surface area (Å²) in [4.78, 5) is 16.8. The number of hydrogen-bond donors (Lipinski definition) is 1. The van der Waals surface area contributed by atoms with Crippen LogP contribution in [0.2, 0.25) is 0 Å². The first-order chi connectivity index (χ1) is 10.2. The molecule has 0 atom stereocenters. The maximum Gasteiger partial charge on any atom is 0.257 e. The second-order valence-corrected chi connectivity index (χ2v) is 5.41. The highest BCUT2D eigenvalue weighted by Gasteiger charge is 2.22. The fourth-order valence-electron chi connectivity index (χ4n) is 2.70. The Bertz CT molecular complexity index is 490. The molecule has 0 saturated carbocycles. The zero-order chi connectivity index (χ0) is 15.2. The number of aliphatic hydroxyl groups is 1. The van der Waals surface area contributed by atoms with Crippen molar-refractivity contribution < 1.29 is 14.6 Å². The van der Waals surface area contributed by atoms with Crippen molar-refractivity contribution in [2.75, 3.05) is 46.4 Å². The summed E-state index contributed by atoms with van der Waals surface area (Å²) in [6.45, 7) is 5.99. The Labute approximate surface area is 126 Å². The Hall–Kier alpha value is -1.59. The van der Waals surface area contributed by atoms with Crippen LogP contribution in [0.15, 0.2) is 18.2 Å². The smallest absolute Gasteiger partial charge is 0.257 e. The van der Waals surface area contributed by atoms with Gasteiger partial charge < -0.3 is 14.7 Å². The predicted molar refractivity (Wildman–Crippen MR) is 81.8 cm³/mol. The van der Waals surface area contributed by atoms with E-state index >= 15 is 0 Å². The molecule has 0 aromatic heterocycles. The molecule has 1 aliphatic rings. The molecule has 1 aliphatic heterocycles. The number of amides is 1. The second-order valence-electron chi connectivity index (χ2n) is 5.41. The maximum atomic E-state index is 12.7. The molecule has 5 nitrogen and oxygen atoms in total. The molecule has 21 heavy (non-hydrogen) atoms. The predicted octanol–water partition coefficient (Wildman–Crippen LogP) is 1.14. The molecule has 1 fully saturated rings. The van der Waals surface area contributed by atoms with Gasteiger partial charge in [-0.2, -0.15) is 0 Å². The van der Waals surface area contributed by atoms with Crippen molar-refractivity contribution in [1.29, 1.82) is 0 Å². The van der Waals surface area contributed by atoms with E-state index in [1.54, 1.807) is 7.11 Å². The van der Waals surface area contributed by atoms with Gasteiger partial charge in [-0.15, -0.1) is 0 Å². The van der Waals surface area contributed by atoms with Crippen molar-refractivity contribution in [3.8, 4) is 5.75 Å². The van der Waals surface area contributed by atoms with Crippen LogP contribution in [-0.2, 0) is 0 Å². The lowest BCUT2D eigenvalue weighted by atomic mass is 10.1. The number of carbonyl (C=O) groups excluding carboxylic acids is 1. The van der Waals surface area contributed by atoms with Gasteiger partial charge in [-0.05, 0) is 32.0 Å². The van der Waals surface area contributed by atoms with Crippen LogP contribution < -0.4 is 4.74 Å². The first-order valence-corrected chi connectivity index (χ1v) is 7.43. The Morgan fingerprint density at radius 3 is 2.81 bits per heavy atom. The van der Waals surface area contributed by atoms with E-state index in [1.807, 2.05) is 30.0 Å². The number of rotatable bonds is 4. The quantitative estimate of drug-likeness (QED) is 0.904. The molecule has 0 unspecified atom stereocenters. The molecule has 1 N–H and O–H groups in total. The molecule has 1 aromatic rings. The summed E-state index contributed by atoms with van der Waals surface area (Å²) in [5.74, 6) is 0.656. The average molecular weight is 292 g/mol. The molecule has 1 saturated heterocycles. The molecule has 1 amide bonds. The van der Waals surface area contributed by atoms with E-state index in [0.29, 0.717) is 24.4 Å². The van der Waals surface area contributed by atoms with E-state index in [9.17, 15) is 4.79 Å². The fraction of sp³-hybridized carbons (Fsp3) is 0.562. The van der Waals surface area contributed by atoms with Crippen LogP contribution in [-0.4, -0.2) is 67.3 Å². The summed E-state index contributed by atoms with van der Waals surface area (Å²) in [5.41, 5.74) is 1.68. The zero-order valence-electron chi connectivity index (χ0n) is 12.8. The van der Waals surface area contributed by atoms with E-state index in [0.717, 1.165) is 31.6 Å². The van der Waals surface area contributed by atoms with Gasteiger partial charge in [-0.3, -0.25) is 9.69 Å². The third-order valence-corrected chi connectivity index (χ3v) is 3.88. The highest BCUT2D eigenvalue weighted by molar-refractivity contribution is 5.97. The Morgan fingerprint density at radius 1 is 1.29 bits per heavy atom. The molecule has 116 valence electrons. The van der Waals surface area contributed by atoms with Crippen molar-refractivity contribution in [2.24, 2.45) is 0 Å². The summed E-state index contributed by atoms with van der Waals surface area (Å²) in [6.07, 6.45) is 0.930. The van der Waals surface area contributed by atoms with Gasteiger partial charge >= 0.3 is 0 Å². The van der Waals surface area contributed by atoms with Crippen LogP contribution in [0, 0.1) is 6.92 Å². The standard InChI is InChI=1S/C16H24N2O3/c1-13-4-5-15(21-2)14(12-13)16(20)18-7-3-6-17(8-9-18)10-11-19/h4-5,12,19H,3,6-11H2,1-2H3. The number of nitrogens with zero attached hydrogens (tertiary/aromatic N) is 2. The lowest BCUT2D eigenvalue weighted by Gasteiger charge is -2.22. The zero-order valence-corrected chi connectivity index (χ0v) is 12.8. The second kappa shape index (κ2) is 7.43. The summed E-state index contributed by atoms with van der Waals surface area (Å²) in [7, 11) is 1.59. The molecular formula is C16H24N2O3. The number of aliphatic hydroxyl groups excluding tert-OH is 1. The van der Waals surface area contributed by atoms with Crippen molar-refractivity contribution in [3.05, 3.63) is 29.3 Å². The van der Waals surface area contributed by atoms with Gasteiger partial charge in [0.25, 0.3) is 5.91 Å². The van der Waals surface area contributed by atoms with E-state index in [2.05, 4.69) is 4.90 Å². The van der Waals surface area contributed by atoms with Crippen LogP contribution in [0.4, 0.5) is 0 Å². The van der Waals surface area contributed by atoms with Crippen molar-refractivity contribution in [3.63, 3.8) is 0 Å². The molecule has 1 heterocycles. The van der Waals surface area contributed by atoms with Gasteiger partial charge in [0, 0.05) is 26.2 Å². The molecule has 5 heteroatoms. The van der Waals surface area contributed by atoms with Crippen LogP contribution in [0.1, 0.15) is 22.3 Å². The Kier molecular flexibility index (Phi) is 5.59. The van der Waals surface area contributed by atoms with E-state index in [-0.39, 0.29) is 12.5 Å². The van der Waals surface area contributed by atoms with Gasteiger partial charge in [0.2, 0.25) is 0 Å². The minimum atomic E-state index is 0.0291. The molecule has 0 aliphatic carbocycles. The molecule has 1 aromatic carbocycles. The number of carbonyl (C=O) groups is 1. The van der Waals surface area contributed by atoms with Crippen molar-refractivity contribution in [1.82, 2.24) is 9.80 Å². The number of β-amino-alcohol motifs (C(OH)–C–C–N with tert-alkyl or cyclic N) is 1. The summed E-state index contributed by atoms with van der Waals surface area (Å²) < 4.78 is 5.31. The fourth-order valence-corrected chi connectivity index (χ4v) is 2.70. The summed E-state index contributed by atoms with van der Waals surface area (Å²) in [6, 6.07) is 5.68. The normalized spacial score (nSPS) is 16.6. The topological polar surface area (TPSA) is 53.0 Å². The van der Waals surface area contributed by atoms with Crippen LogP contribution in [0.3, 0.4) is 0 Å². The molecule has 0 spiro atoms. The SMILES string of the molecule is COc1ccc(C)cc1C(=O)N1CCCN(CCO)CC1. The minimum Gasteiger partial charge on any atom is -0.496 e. The van der Waals surface area contributed by atoms with Crippen molar-refractivity contribution >= 4 is 5.91 Å². The van der Waals surface area contributed by atoms with Crippen LogP contribution in [0.5, 0.6) is 5.75 Å². The molecule has 0 bridgehead atoms. The number of benzene rings is 1. The summed E-state index contributed by atoms with van der Waals surface area (Å²) in [5, 5.41) is 9.02. The maximum absolute atomic E-state index is 12.7. The molecule has 2 rings (SSSR count). The third kappa shape index (κ3) is 3.95. The van der Waals surface area contributed by atoms with E-state index in [4.69, 9.17) is 9.84 Å². The highest BCUT2D eigenvalue weighted by atomic mass is 16.5. The Balaban J connectivity index is 2.11. The van der Waals surface area contributed by atoms with E-state index < -0.39 is 0 Å². The minimum absolute atomic E-state index is 0.0291. The van der Waals surface area contributed by atoms with Crippen LogP contribution >= 0.6 is 0 Å². The largest absolute Gasteiger partial charge is 0.496 e. The number of hydrogen-bond acceptors (Lipinski definition) is 4. The molecule has 0 radical (unpaired) electrons. The lowest BCUT2D eigenvalue weighted by Crippen LogP contribution is -2.36. The number of ether oxygens (including phenoxy) is 1. The molecular weight excluding hydrogens is 268 g/mol. The van der Waals surface area contributed by atoms with Gasteiger partial charge in [-0.1, -0.05) is 11.6 Å². The summed E-state index contributed by atoms with van der Waals surface area (Å²) >= 11 is 0. The average Bonchev–Trinajstić information content (AvgIpc) is 2.72. The van der Waals surface area contributed by atoms with Crippen LogP contribution in [0.25, 0.3) is 0 Å². The highest BCUT2D eigenvalue weighted by Crippen LogP contribution is 2.22. The van der Waals surface area contributed by atoms with E-state index in [1.165, 1.54) is 0 Å². The van der Waals surface area contributed by atoms with Crippen molar-refractivity contribution in [2.45, 2.75) is 13.3 Å². The van der Waals surface area contributed by atoms with Gasteiger partial charge in [0.1, 0.15) is 5.75 Å². The Morgan fingerprint density at radius 2 is 2.10 bits per heavy atom.